The summed E-state index contributed by atoms with van der Waals surface area (Å²) in [6, 6.07) is 1.65. The van der Waals surface area contributed by atoms with Crippen LogP contribution in [0.4, 0.5) is 0 Å². The van der Waals surface area contributed by atoms with Crippen LogP contribution in [0.25, 0.3) is 0 Å². The van der Waals surface area contributed by atoms with E-state index in [4.69, 9.17) is 9.05 Å². The zero-order chi connectivity index (χ0) is 16.5. The highest BCUT2D eigenvalue weighted by molar-refractivity contribution is 5.96. The zero-order valence-electron chi connectivity index (χ0n) is 12.5. The number of hydrogen-bond donors (Lipinski definition) is 1. The third kappa shape index (κ3) is 2.87. The second-order valence-corrected chi connectivity index (χ2v) is 5.60. The molecule has 4 rings (SSSR count). The maximum Gasteiger partial charge on any atom is 0.273 e. The SMILES string of the molecule is O=C(NCc1nc(C2C=CC=NC2=O)no1)c1cc(C2CC2)on1. The number of allylic oxidation sites excluding steroid dienone is 1. The number of carbonyl (C=O) groups is 2. The topological polar surface area (TPSA) is 123 Å². The van der Waals surface area contributed by atoms with Crippen molar-refractivity contribution in [1.82, 2.24) is 20.6 Å². The van der Waals surface area contributed by atoms with Crippen LogP contribution in [0.3, 0.4) is 0 Å². The first-order valence-electron chi connectivity index (χ1n) is 7.52. The predicted octanol–water partition coefficient (Wildman–Crippen LogP) is 1.12. The Balaban J connectivity index is 1.37. The lowest BCUT2D eigenvalue weighted by Crippen LogP contribution is -2.23. The second-order valence-electron chi connectivity index (χ2n) is 5.60. The van der Waals surface area contributed by atoms with Crippen molar-refractivity contribution in [3.63, 3.8) is 0 Å². The third-order valence-electron chi connectivity index (χ3n) is 3.76. The average molecular weight is 327 g/mol. The Labute approximate surface area is 135 Å². The molecular formula is C15H13N5O4. The number of carbonyl (C=O) groups excluding carboxylic acids is 2. The number of dihydropyridines is 1. The fraction of sp³-hybridized carbons (Fsp3) is 0.333. The van der Waals surface area contributed by atoms with E-state index in [9.17, 15) is 9.59 Å². The minimum Gasteiger partial charge on any atom is -0.360 e. The largest absolute Gasteiger partial charge is 0.360 e. The minimum atomic E-state index is -0.653. The van der Waals surface area contributed by atoms with Crippen molar-refractivity contribution in [1.29, 1.82) is 0 Å². The number of aromatic nitrogens is 3. The van der Waals surface area contributed by atoms with Crippen LogP contribution in [0.2, 0.25) is 0 Å². The molecule has 2 aliphatic rings. The molecule has 2 aromatic heterocycles. The molecule has 1 N–H and O–H groups in total. The van der Waals surface area contributed by atoms with Gasteiger partial charge in [-0.15, -0.1) is 0 Å². The van der Waals surface area contributed by atoms with Crippen molar-refractivity contribution in [2.45, 2.75) is 31.2 Å². The molecule has 9 heteroatoms. The minimum absolute atomic E-state index is 0.0331. The first-order valence-corrected chi connectivity index (χ1v) is 7.52. The summed E-state index contributed by atoms with van der Waals surface area (Å²) in [6.45, 7) is 0.0331. The van der Waals surface area contributed by atoms with Crippen LogP contribution in [0.1, 0.15) is 52.6 Å². The van der Waals surface area contributed by atoms with Crippen molar-refractivity contribution < 1.29 is 18.6 Å². The van der Waals surface area contributed by atoms with E-state index in [0.29, 0.717) is 5.92 Å². The molecule has 24 heavy (non-hydrogen) atoms. The van der Waals surface area contributed by atoms with E-state index in [-0.39, 0.29) is 35.8 Å². The van der Waals surface area contributed by atoms with Crippen LogP contribution in [0.5, 0.6) is 0 Å². The Morgan fingerprint density at radius 2 is 2.17 bits per heavy atom. The lowest BCUT2D eigenvalue weighted by atomic mass is 10.1. The standard InChI is InChI=1S/C15H13N5O4/c21-14-9(2-1-5-16-14)13-18-12(24-20-13)7-17-15(22)10-6-11(23-19-10)8-3-4-8/h1-2,5-6,8-9H,3-4,7H2,(H,17,22). The summed E-state index contributed by atoms with van der Waals surface area (Å²) in [5.74, 6) is 0.145. The molecule has 1 atom stereocenters. The monoisotopic (exact) mass is 327 g/mol. The smallest absolute Gasteiger partial charge is 0.273 e. The summed E-state index contributed by atoms with van der Waals surface area (Å²) in [5.41, 5.74) is 0.219. The quantitative estimate of drug-likeness (QED) is 0.872. The van der Waals surface area contributed by atoms with Gasteiger partial charge in [-0.1, -0.05) is 16.4 Å². The molecule has 1 unspecified atom stereocenters. The molecule has 1 aliphatic carbocycles. The molecule has 122 valence electrons. The van der Waals surface area contributed by atoms with Gasteiger partial charge in [-0.2, -0.15) is 4.98 Å². The maximum absolute atomic E-state index is 12.0. The normalized spacial score (nSPS) is 19.7. The van der Waals surface area contributed by atoms with Gasteiger partial charge in [0.15, 0.2) is 11.5 Å². The first-order chi connectivity index (χ1) is 11.7. The van der Waals surface area contributed by atoms with E-state index in [0.717, 1.165) is 18.6 Å². The molecule has 0 bridgehead atoms. The molecule has 1 saturated carbocycles. The van der Waals surface area contributed by atoms with Crippen LogP contribution in [-0.2, 0) is 11.3 Å². The fourth-order valence-electron chi connectivity index (χ4n) is 2.31. The van der Waals surface area contributed by atoms with Gasteiger partial charge in [0.1, 0.15) is 11.7 Å². The van der Waals surface area contributed by atoms with Crippen LogP contribution in [0.15, 0.2) is 32.3 Å². The summed E-state index contributed by atoms with van der Waals surface area (Å²) in [4.78, 5) is 31.5. The molecule has 9 nitrogen and oxygen atoms in total. The van der Waals surface area contributed by atoms with Gasteiger partial charge in [0.2, 0.25) is 5.89 Å². The van der Waals surface area contributed by atoms with Gasteiger partial charge in [0.25, 0.3) is 11.8 Å². The molecule has 3 heterocycles. The Morgan fingerprint density at radius 3 is 2.96 bits per heavy atom. The van der Waals surface area contributed by atoms with Gasteiger partial charge in [-0.3, -0.25) is 9.59 Å². The lowest BCUT2D eigenvalue weighted by molar-refractivity contribution is -0.118. The Kier molecular flexibility index (Phi) is 3.52. The molecule has 0 saturated heterocycles. The Bertz CT molecular complexity index is 846. The highest BCUT2D eigenvalue weighted by Crippen LogP contribution is 2.40. The van der Waals surface area contributed by atoms with Gasteiger partial charge in [-0.05, 0) is 18.9 Å². The van der Waals surface area contributed by atoms with E-state index >= 15 is 0 Å². The van der Waals surface area contributed by atoms with Gasteiger partial charge >= 0.3 is 0 Å². The maximum atomic E-state index is 12.0. The summed E-state index contributed by atoms with van der Waals surface area (Å²) in [5, 5.41) is 10.1. The van der Waals surface area contributed by atoms with Gasteiger partial charge in [-0.25, -0.2) is 4.99 Å². The Morgan fingerprint density at radius 1 is 1.29 bits per heavy atom. The Hall–Kier alpha value is -3.10. The van der Waals surface area contributed by atoms with E-state index in [1.165, 1.54) is 6.21 Å². The van der Waals surface area contributed by atoms with Crippen molar-refractivity contribution in [2.75, 3.05) is 0 Å². The van der Waals surface area contributed by atoms with E-state index < -0.39 is 5.92 Å². The van der Waals surface area contributed by atoms with Gasteiger partial charge in [0.05, 0.1) is 6.54 Å². The van der Waals surface area contributed by atoms with E-state index in [2.05, 4.69) is 25.6 Å². The number of nitrogens with zero attached hydrogens (tertiary/aromatic N) is 4. The first kappa shape index (κ1) is 14.5. The summed E-state index contributed by atoms with van der Waals surface area (Å²) < 4.78 is 10.2. The molecule has 0 radical (unpaired) electrons. The highest BCUT2D eigenvalue weighted by Gasteiger charge is 2.29. The average Bonchev–Trinajstić information content (AvgIpc) is 3.13. The van der Waals surface area contributed by atoms with Gasteiger partial charge < -0.3 is 14.4 Å². The van der Waals surface area contributed by atoms with Crippen molar-refractivity contribution >= 4 is 18.0 Å². The van der Waals surface area contributed by atoms with Crippen LogP contribution >= 0.6 is 0 Å². The van der Waals surface area contributed by atoms with Crippen LogP contribution in [-0.4, -0.2) is 33.3 Å². The number of nitrogens with one attached hydrogen (secondary N) is 1. The van der Waals surface area contributed by atoms with Crippen LogP contribution in [0, 0.1) is 0 Å². The summed E-state index contributed by atoms with van der Waals surface area (Å²) in [6.07, 6.45) is 6.83. The third-order valence-corrected chi connectivity index (χ3v) is 3.76. The van der Waals surface area contributed by atoms with E-state index in [1.807, 2.05) is 0 Å². The number of amides is 2. The predicted molar refractivity (Wildman–Crippen MR) is 79.3 cm³/mol. The van der Waals surface area contributed by atoms with E-state index in [1.54, 1.807) is 18.2 Å². The van der Waals surface area contributed by atoms with Gasteiger partial charge in [0, 0.05) is 18.2 Å². The molecule has 1 aliphatic heterocycles. The number of aliphatic imine (C=N–C) groups is 1. The second kappa shape index (κ2) is 5.84. The molecule has 2 amide bonds. The summed E-state index contributed by atoms with van der Waals surface area (Å²) in [7, 11) is 0. The molecule has 1 fully saturated rings. The lowest BCUT2D eigenvalue weighted by Gasteiger charge is -2.04. The van der Waals surface area contributed by atoms with Crippen molar-refractivity contribution in [3.05, 3.63) is 41.4 Å². The molecule has 0 aromatic carbocycles. The molecular weight excluding hydrogens is 314 g/mol. The van der Waals surface area contributed by atoms with Crippen LogP contribution < -0.4 is 5.32 Å². The van der Waals surface area contributed by atoms with Crippen molar-refractivity contribution in [3.8, 4) is 0 Å². The van der Waals surface area contributed by atoms with Crippen molar-refractivity contribution in [2.24, 2.45) is 4.99 Å². The number of hydrogen-bond acceptors (Lipinski definition) is 7. The highest BCUT2D eigenvalue weighted by atomic mass is 16.5. The number of rotatable bonds is 5. The molecule has 2 aromatic rings. The zero-order valence-corrected chi connectivity index (χ0v) is 12.5. The fourth-order valence-corrected chi connectivity index (χ4v) is 2.31. The summed E-state index contributed by atoms with van der Waals surface area (Å²) >= 11 is 0. The molecule has 0 spiro atoms.